The molecule has 1 unspecified atom stereocenters. The zero-order valence-electron chi connectivity index (χ0n) is 12.3. The molecule has 0 spiro atoms. The molecule has 1 aromatic carbocycles. The van der Waals surface area contributed by atoms with Gasteiger partial charge in [-0.2, -0.15) is 0 Å². The Morgan fingerprint density at radius 3 is 2.63 bits per heavy atom. The predicted octanol–water partition coefficient (Wildman–Crippen LogP) is 4.23. The molecule has 0 aromatic heterocycles. The van der Waals surface area contributed by atoms with E-state index in [2.05, 4.69) is 32.0 Å². The van der Waals surface area contributed by atoms with Gasteiger partial charge in [-0.3, -0.25) is 0 Å². The van der Waals surface area contributed by atoms with Gasteiger partial charge in [0.25, 0.3) is 0 Å². The van der Waals surface area contributed by atoms with E-state index in [4.69, 9.17) is 10.5 Å². The van der Waals surface area contributed by atoms with Crippen molar-refractivity contribution in [3.05, 3.63) is 29.3 Å². The molecule has 0 bridgehead atoms. The van der Waals surface area contributed by atoms with Gasteiger partial charge in [-0.25, -0.2) is 0 Å². The van der Waals surface area contributed by atoms with Gasteiger partial charge < -0.3 is 10.5 Å². The number of hydrogen-bond acceptors (Lipinski definition) is 2. The molecular weight excluding hydrogens is 234 g/mol. The topological polar surface area (TPSA) is 35.2 Å². The first-order chi connectivity index (χ1) is 9.27. The van der Waals surface area contributed by atoms with E-state index in [1.807, 2.05) is 0 Å². The highest BCUT2D eigenvalue weighted by molar-refractivity contribution is 5.44. The largest absolute Gasteiger partial charge is 0.493 e. The Bertz CT molecular complexity index is 396. The summed E-state index contributed by atoms with van der Waals surface area (Å²) in [5.74, 6) is 1.66. The highest BCUT2D eigenvalue weighted by Gasteiger charge is 2.24. The number of hydrogen-bond donors (Lipinski definition) is 1. The van der Waals surface area contributed by atoms with Gasteiger partial charge in [0.15, 0.2) is 0 Å². The summed E-state index contributed by atoms with van der Waals surface area (Å²) in [6, 6.07) is 6.59. The summed E-state index contributed by atoms with van der Waals surface area (Å²) in [6.07, 6.45) is 7.07. The van der Waals surface area contributed by atoms with Crippen molar-refractivity contribution >= 4 is 0 Å². The number of aryl methyl sites for hydroxylation is 1. The Balaban J connectivity index is 2.24. The minimum Gasteiger partial charge on any atom is -0.493 e. The smallest absolute Gasteiger partial charge is 0.127 e. The fraction of sp³-hybridized carbons (Fsp3) is 0.647. The summed E-state index contributed by atoms with van der Waals surface area (Å²) in [5, 5.41) is 0. The maximum atomic E-state index is 6.56. The lowest BCUT2D eigenvalue weighted by Crippen LogP contribution is -2.23. The highest BCUT2D eigenvalue weighted by atomic mass is 16.5. The summed E-state index contributed by atoms with van der Waals surface area (Å²) in [5.41, 5.74) is 9.12. The maximum absolute atomic E-state index is 6.56. The molecule has 0 aliphatic carbocycles. The summed E-state index contributed by atoms with van der Waals surface area (Å²) in [7, 11) is 0. The van der Waals surface area contributed by atoms with E-state index >= 15 is 0 Å². The van der Waals surface area contributed by atoms with E-state index in [0.717, 1.165) is 25.2 Å². The summed E-state index contributed by atoms with van der Waals surface area (Å²) < 4.78 is 5.90. The van der Waals surface area contributed by atoms with Crippen molar-refractivity contribution in [3.63, 3.8) is 0 Å². The Hall–Kier alpha value is -1.02. The molecule has 0 saturated heterocycles. The van der Waals surface area contributed by atoms with Crippen LogP contribution in [0.2, 0.25) is 0 Å². The number of para-hydroxylation sites is 1. The fourth-order valence-electron chi connectivity index (χ4n) is 3.18. The zero-order valence-corrected chi connectivity index (χ0v) is 12.3. The van der Waals surface area contributed by atoms with Gasteiger partial charge in [-0.1, -0.05) is 44.9 Å². The third kappa shape index (κ3) is 3.30. The molecule has 0 saturated carbocycles. The van der Waals surface area contributed by atoms with Crippen LogP contribution in [-0.2, 0) is 6.42 Å². The van der Waals surface area contributed by atoms with Crippen molar-refractivity contribution in [1.29, 1.82) is 0 Å². The highest BCUT2D eigenvalue weighted by Crippen LogP contribution is 2.37. The lowest BCUT2D eigenvalue weighted by atomic mass is 9.85. The molecule has 106 valence electrons. The van der Waals surface area contributed by atoms with Crippen molar-refractivity contribution in [1.82, 2.24) is 0 Å². The van der Waals surface area contributed by atoms with Gasteiger partial charge >= 0.3 is 0 Å². The van der Waals surface area contributed by atoms with Crippen molar-refractivity contribution in [2.24, 2.45) is 11.7 Å². The number of nitrogens with two attached hydrogens (primary N) is 1. The second-order valence-corrected chi connectivity index (χ2v) is 5.65. The van der Waals surface area contributed by atoms with Crippen LogP contribution in [0.4, 0.5) is 0 Å². The monoisotopic (exact) mass is 261 g/mol. The maximum Gasteiger partial charge on any atom is 0.127 e. The summed E-state index contributed by atoms with van der Waals surface area (Å²) >= 11 is 0. The standard InChI is InChI=1S/C17H27NO/c1-3-7-13(8-4-2)16(18)15-11-5-9-14-10-6-12-19-17(14)15/h5,9,11,13,16H,3-4,6-8,10,12,18H2,1-2H3. The normalized spacial score (nSPS) is 16.0. The lowest BCUT2D eigenvalue weighted by Gasteiger charge is -2.28. The Morgan fingerprint density at radius 1 is 1.21 bits per heavy atom. The molecule has 0 amide bonds. The van der Waals surface area contributed by atoms with Crippen molar-refractivity contribution < 1.29 is 4.74 Å². The molecule has 1 aliphatic rings. The second kappa shape index (κ2) is 6.95. The summed E-state index contributed by atoms with van der Waals surface area (Å²) in [4.78, 5) is 0. The zero-order chi connectivity index (χ0) is 13.7. The quantitative estimate of drug-likeness (QED) is 0.831. The fourth-order valence-corrected chi connectivity index (χ4v) is 3.18. The minimum absolute atomic E-state index is 0.118. The van der Waals surface area contributed by atoms with E-state index in [1.54, 1.807) is 0 Å². The van der Waals surface area contributed by atoms with Crippen LogP contribution < -0.4 is 10.5 Å². The molecule has 0 radical (unpaired) electrons. The molecule has 2 heteroatoms. The predicted molar refractivity (Wildman–Crippen MR) is 80.5 cm³/mol. The molecule has 1 aliphatic heterocycles. The molecule has 1 heterocycles. The minimum atomic E-state index is 0.118. The van der Waals surface area contributed by atoms with Crippen molar-refractivity contribution in [2.75, 3.05) is 6.61 Å². The average molecular weight is 261 g/mol. The molecular formula is C17H27NO. The molecule has 2 nitrogen and oxygen atoms in total. The SMILES string of the molecule is CCCC(CCC)C(N)c1cccc2c1OCCC2. The Kier molecular flexibility index (Phi) is 5.26. The van der Waals surface area contributed by atoms with E-state index in [9.17, 15) is 0 Å². The number of rotatable bonds is 6. The molecule has 2 N–H and O–H groups in total. The van der Waals surface area contributed by atoms with Crippen LogP contribution in [0, 0.1) is 5.92 Å². The molecule has 2 rings (SSSR count). The van der Waals surface area contributed by atoms with Crippen LogP contribution in [0.5, 0.6) is 5.75 Å². The van der Waals surface area contributed by atoms with Gasteiger partial charge in [0.05, 0.1) is 6.61 Å². The van der Waals surface area contributed by atoms with E-state index < -0.39 is 0 Å². The van der Waals surface area contributed by atoms with Crippen molar-refractivity contribution in [2.45, 2.75) is 58.4 Å². The Morgan fingerprint density at radius 2 is 1.95 bits per heavy atom. The Labute approximate surface area is 117 Å². The van der Waals surface area contributed by atoms with Crippen LogP contribution in [-0.4, -0.2) is 6.61 Å². The first kappa shape index (κ1) is 14.4. The summed E-state index contributed by atoms with van der Waals surface area (Å²) in [6.45, 7) is 5.32. The van der Waals surface area contributed by atoms with Crippen LogP contribution in [0.25, 0.3) is 0 Å². The first-order valence-electron chi connectivity index (χ1n) is 7.78. The second-order valence-electron chi connectivity index (χ2n) is 5.65. The van der Waals surface area contributed by atoms with Crippen molar-refractivity contribution in [3.8, 4) is 5.75 Å². The van der Waals surface area contributed by atoms with Crippen LogP contribution in [0.1, 0.15) is 63.1 Å². The third-order valence-electron chi connectivity index (χ3n) is 4.15. The average Bonchev–Trinajstić information content (AvgIpc) is 2.46. The van der Waals surface area contributed by atoms with E-state index in [0.29, 0.717) is 5.92 Å². The van der Waals surface area contributed by atoms with Crippen LogP contribution >= 0.6 is 0 Å². The van der Waals surface area contributed by atoms with Gasteiger partial charge in [0.2, 0.25) is 0 Å². The van der Waals surface area contributed by atoms with Crippen LogP contribution in [0.15, 0.2) is 18.2 Å². The molecule has 0 fully saturated rings. The van der Waals surface area contributed by atoms with Gasteiger partial charge in [0.1, 0.15) is 5.75 Å². The van der Waals surface area contributed by atoms with E-state index in [-0.39, 0.29) is 6.04 Å². The number of fused-ring (bicyclic) bond motifs is 1. The number of ether oxygens (including phenoxy) is 1. The molecule has 1 aromatic rings. The lowest BCUT2D eigenvalue weighted by molar-refractivity contribution is 0.276. The van der Waals surface area contributed by atoms with Gasteiger partial charge in [-0.05, 0) is 37.2 Å². The molecule has 1 atom stereocenters. The third-order valence-corrected chi connectivity index (χ3v) is 4.15. The van der Waals surface area contributed by atoms with E-state index in [1.165, 1.54) is 36.8 Å². The molecule has 19 heavy (non-hydrogen) atoms. The first-order valence-corrected chi connectivity index (χ1v) is 7.78. The van der Waals surface area contributed by atoms with Gasteiger partial charge in [-0.15, -0.1) is 0 Å². The number of benzene rings is 1. The van der Waals surface area contributed by atoms with Crippen LogP contribution in [0.3, 0.4) is 0 Å². The van der Waals surface area contributed by atoms with Gasteiger partial charge in [0, 0.05) is 11.6 Å².